The van der Waals surface area contributed by atoms with Gasteiger partial charge in [0.25, 0.3) is 5.91 Å². The molecule has 2 fully saturated rings. The Morgan fingerprint density at radius 1 is 1.32 bits per heavy atom. The number of nitrogens with zero attached hydrogens (tertiary/aromatic N) is 4. The molecule has 1 N–H and O–H groups in total. The first kappa shape index (κ1) is 17.9. The highest BCUT2D eigenvalue weighted by Crippen LogP contribution is 2.31. The minimum atomic E-state index is -0.113. The van der Waals surface area contributed by atoms with E-state index in [1.54, 1.807) is 4.68 Å². The van der Waals surface area contributed by atoms with Gasteiger partial charge in [0.1, 0.15) is 5.69 Å². The smallest absolute Gasteiger partial charge is 0.272 e. The van der Waals surface area contributed by atoms with Gasteiger partial charge in [0.2, 0.25) is 5.91 Å². The third kappa shape index (κ3) is 3.56. The topological polar surface area (TPSA) is 70.5 Å². The summed E-state index contributed by atoms with van der Waals surface area (Å²) >= 11 is 0. The highest BCUT2D eigenvalue weighted by molar-refractivity contribution is 5.93. The van der Waals surface area contributed by atoms with Crippen LogP contribution in [0.1, 0.15) is 48.8 Å². The first-order valence-corrected chi connectivity index (χ1v) is 9.25. The number of piperazine rings is 1. The average molecular weight is 347 g/mol. The van der Waals surface area contributed by atoms with E-state index >= 15 is 0 Å². The lowest BCUT2D eigenvalue weighted by molar-refractivity contribution is -0.121. The Labute approximate surface area is 149 Å². The van der Waals surface area contributed by atoms with E-state index < -0.39 is 0 Å². The minimum Gasteiger partial charge on any atom is -0.356 e. The molecule has 1 spiro atoms. The molecule has 0 aromatic carbocycles. The molecule has 3 rings (SSSR count). The quantitative estimate of drug-likeness (QED) is 0.878. The van der Waals surface area contributed by atoms with Crippen molar-refractivity contribution in [2.75, 3.05) is 33.2 Å². The summed E-state index contributed by atoms with van der Waals surface area (Å²) in [5.41, 5.74) is 1.52. The summed E-state index contributed by atoms with van der Waals surface area (Å²) in [5.74, 6) is 0.165. The average Bonchev–Trinajstić information content (AvgIpc) is 2.84. The van der Waals surface area contributed by atoms with Crippen LogP contribution in [0.25, 0.3) is 0 Å². The fraction of sp³-hybridized carbons (Fsp3) is 0.722. The van der Waals surface area contributed by atoms with Crippen LogP contribution in [-0.4, -0.2) is 70.2 Å². The van der Waals surface area contributed by atoms with Crippen molar-refractivity contribution in [1.82, 2.24) is 24.9 Å². The maximum atomic E-state index is 13.1. The molecule has 3 heterocycles. The summed E-state index contributed by atoms with van der Waals surface area (Å²) in [6.07, 6.45) is 4.11. The highest BCUT2D eigenvalue weighted by atomic mass is 16.2. The fourth-order valence-corrected chi connectivity index (χ4v) is 4.04. The lowest BCUT2D eigenvalue weighted by atomic mass is 9.86. The lowest BCUT2D eigenvalue weighted by Crippen LogP contribution is -2.62. The van der Waals surface area contributed by atoms with Crippen molar-refractivity contribution in [3.63, 3.8) is 0 Å². The van der Waals surface area contributed by atoms with Gasteiger partial charge in [-0.15, -0.1) is 0 Å². The molecule has 1 aromatic rings. The molecule has 0 bridgehead atoms. The van der Waals surface area contributed by atoms with Crippen LogP contribution in [0.2, 0.25) is 0 Å². The zero-order chi connectivity index (χ0) is 18.0. The van der Waals surface area contributed by atoms with E-state index in [2.05, 4.69) is 29.3 Å². The number of aromatic nitrogens is 2. The summed E-state index contributed by atoms with van der Waals surface area (Å²) in [7, 11) is 3.95. The van der Waals surface area contributed by atoms with Crippen molar-refractivity contribution < 1.29 is 9.59 Å². The molecule has 138 valence electrons. The second kappa shape index (κ2) is 7.15. The number of carbonyl (C=O) groups excluding carboxylic acids is 2. The van der Waals surface area contributed by atoms with Crippen molar-refractivity contribution in [1.29, 1.82) is 0 Å². The molecule has 2 amide bonds. The van der Waals surface area contributed by atoms with E-state index in [4.69, 9.17) is 0 Å². The van der Waals surface area contributed by atoms with Crippen LogP contribution >= 0.6 is 0 Å². The van der Waals surface area contributed by atoms with Gasteiger partial charge < -0.3 is 10.2 Å². The van der Waals surface area contributed by atoms with Crippen molar-refractivity contribution in [2.45, 2.75) is 44.6 Å². The number of rotatable bonds is 3. The molecule has 2 saturated heterocycles. The number of hydrogen-bond donors (Lipinski definition) is 1. The number of nitrogens with one attached hydrogen (secondary N) is 1. The number of likely N-dealkylation sites (N-methyl/N-ethyl adjacent to an activating group) is 1. The summed E-state index contributed by atoms with van der Waals surface area (Å²) in [5, 5.41) is 7.42. The summed E-state index contributed by atoms with van der Waals surface area (Å²) in [6, 6.07) is 1.93. The van der Waals surface area contributed by atoms with Gasteiger partial charge in [-0.05, 0) is 32.4 Å². The van der Waals surface area contributed by atoms with E-state index in [1.165, 1.54) is 0 Å². The standard InChI is InChI=1S/C18H29N5O2/c1-4-5-14-12-15(22(3)20-14)17(25)23-11-10-21(2)18(13-23)7-6-16(24)19-9-8-18/h12H,4-11,13H2,1-3H3,(H,19,24)/t18-/m1/s1. The van der Waals surface area contributed by atoms with Gasteiger partial charge in [0.05, 0.1) is 5.69 Å². The Balaban J connectivity index is 1.78. The molecule has 0 aliphatic carbocycles. The molecule has 2 aliphatic rings. The van der Waals surface area contributed by atoms with Gasteiger partial charge in [-0.3, -0.25) is 19.2 Å². The number of amides is 2. The number of carbonyl (C=O) groups is 2. The van der Waals surface area contributed by atoms with Crippen molar-refractivity contribution in [3.05, 3.63) is 17.5 Å². The first-order valence-electron chi connectivity index (χ1n) is 9.25. The van der Waals surface area contributed by atoms with Gasteiger partial charge in [-0.25, -0.2) is 0 Å². The summed E-state index contributed by atoms with van der Waals surface area (Å²) in [4.78, 5) is 29.1. The van der Waals surface area contributed by atoms with Gasteiger partial charge >= 0.3 is 0 Å². The number of hydrogen-bond acceptors (Lipinski definition) is 4. The zero-order valence-corrected chi connectivity index (χ0v) is 15.5. The van der Waals surface area contributed by atoms with Crippen LogP contribution in [0, 0.1) is 0 Å². The van der Waals surface area contributed by atoms with Gasteiger partial charge in [-0.2, -0.15) is 5.10 Å². The molecule has 1 aromatic heterocycles. The predicted octanol–water partition coefficient (Wildman–Crippen LogP) is 0.799. The molecule has 1 atom stereocenters. The van der Waals surface area contributed by atoms with Crippen molar-refractivity contribution in [3.8, 4) is 0 Å². The molecule has 0 radical (unpaired) electrons. The monoisotopic (exact) mass is 347 g/mol. The summed E-state index contributed by atoms with van der Waals surface area (Å²) < 4.78 is 1.70. The van der Waals surface area contributed by atoms with E-state index in [1.807, 2.05) is 18.0 Å². The lowest BCUT2D eigenvalue weighted by Gasteiger charge is -2.49. The van der Waals surface area contributed by atoms with E-state index in [9.17, 15) is 9.59 Å². The van der Waals surface area contributed by atoms with Crippen LogP contribution in [-0.2, 0) is 18.3 Å². The molecular weight excluding hydrogens is 318 g/mol. The Morgan fingerprint density at radius 2 is 2.12 bits per heavy atom. The Morgan fingerprint density at radius 3 is 2.88 bits per heavy atom. The molecule has 0 saturated carbocycles. The molecule has 0 unspecified atom stereocenters. The predicted molar refractivity (Wildman–Crippen MR) is 95.3 cm³/mol. The van der Waals surface area contributed by atoms with Crippen LogP contribution in [0.4, 0.5) is 0 Å². The second-order valence-corrected chi connectivity index (χ2v) is 7.37. The fourth-order valence-electron chi connectivity index (χ4n) is 4.04. The van der Waals surface area contributed by atoms with Crippen LogP contribution in [0.5, 0.6) is 0 Å². The maximum Gasteiger partial charge on any atom is 0.272 e. The Hall–Kier alpha value is -1.89. The maximum absolute atomic E-state index is 13.1. The summed E-state index contributed by atoms with van der Waals surface area (Å²) in [6.45, 7) is 5.01. The zero-order valence-electron chi connectivity index (χ0n) is 15.5. The van der Waals surface area contributed by atoms with Crippen LogP contribution < -0.4 is 5.32 Å². The Kier molecular flexibility index (Phi) is 5.13. The molecular formula is C18H29N5O2. The molecule has 7 heteroatoms. The van der Waals surface area contributed by atoms with Crippen molar-refractivity contribution in [2.24, 2.45) is 7.05 Å². The van der Waals surface area contributed by atoms with Gasteiger partial charge in [0.15, 0.2) is 0 Å². The minimum absolute atomic E-state index is 0.0494. The van der Waals surface area contributed by atoms with E-state index in [-0.39, 0.29) is 17.4 Å². The van der Waals surface area contributed by atoms with Gasteiger partial charge in [0, 0.05) is 45.2 Å². The number of aryl methyl sites for hydroxylation is 2. The van der Waals surface area contributed by atoms with E-state index in [0.29, 0.717) is 31.7 Å². The Bertz CT molecular complexity index is 656. The third-order valence-electron chi connectivity index (χ3n) is 5.67. The van der Waals surface area contributed by atoms with Crippen LogP contribution in [0.15, 0.2) is 6.07 Å². The third-order valence-corrected chi connectivity index (χ3v) is 5.67. The first-order chi connectivity index (χ1) is 11.9. The molecule has 25 heavy (non-hydrogen) atoms. The van der Waals surface area contributed by atoms with Crippen molar-refractivity contribution >= 4 is 11.8 Å². The van der Waals surface area contributed by atoms with E-state index in [0.717, 1.165) is 37.9 Å². The van der Waals surface area contributed by atoms with Crippen LogP contribution in [0.3, 0.4) is 0 Å². The molecule has 2 aliphatic heterocycles. The van der Waals surface area contributed by atoms with Gasteiger partial charge in [-0.1, -0.05) is 13.3 Å². The second-order valence-electron chi connectivity index (χ2n) is 7.37. The largest absolute Gasteiger partial charge is 0.356 e. The highest BCUT2D eigenvalue weighted by Gasteiger charge is 2.42. The SMILES string of the molecule is CCCc1cc(C(=O)N2CCN(C)[C@]3(CCNC(=O)CC3)C2)n(C)n1. The normalized spacial score (nSPS) is 25.1. The molecule has 7 nitrogen and oxygen atoms in total.